The molecule has 1 atom stereocenters. The van der Waals surface area contributed by atoms with Crippen molar-refractivity contribution in [3.8, 4) is 16.9 Å². The van der Waals surface area contributed by atoms with E-state index in [1.54, 1.807) is 30.7 Å². The van der Waals surface area contributed by atoms with Gasteiger partial charge in [0.05, 0.1) is 39.9 Å². The minimum absolute atomic E-state index is 0. The number of carbonyl (C=O) groups excluding carboxylic acids is 1. The molecule has 1 aliphatic carbocycles. The second kappa shape index (κ2) is 10.3. The zero-order chi connectivity index (χ0) is 25.7. The summed E-state index contributed by atoms with van der Waals surface area (Å²) >= 11 is 6.02. The van der Waals surface area contributed by atoms with Gasteiger partial charge in [-0.05, 0) is 54.7 Å². The van der Waals surface area contributed by atoms with Crippen molar-refractivity contribution < 1.29 is 14.3 Å². The number of nitrogens with one attached hydrogen (secondary N) is 1. The predicted molar refractivity (Wildman–Crippen MR) is 148 cm³/mol. The minimum atomic E-state index is -0.812. The fraction of sp³-hybridized carbons (Fsp3) is 0.259. The van der Waals surface area contributed by atoms with Crippen molar-refractivity contribution in [3.05, 3.63) is 65.3 Å². The molecule has 3 heterocycles. The highest BCUT2D eigenvalue weighted by molar-refractivity contribution is 6.32. The number of rotatable bonds is 6. The molecule has 1 saturated carbocycles. The van der Waals surface area contributed by atoms with Gasteiger partial charge in [-0.15, -0.1) is 12.4 Å². The standard InChI is InChI=1S/C27H24ClFN6O2.ClH/c28-21-8-16(9-22(29)26(21)37)15-3-4-23-19(7-15)24(20(12-31-23)25(36)14-1-2-14)34-18-10-32-27(33-11-18)35-6-5-17(30)13-35;/h3-4,7-12,14,17,37H,1-2,5-6,13,30H2,(H,31,34);1H. The third kappa shape index (κ3) is 4.97. The molecular formula is C27H25Cl2FN6O2. The molecule has 0 bridgehead atoms. The predicted octanol–water partition coefficient (Wildman–Crippen LogP) is 5.49. The molecule has 1 unspecified atom stereocenters. The normalized spacial score (nSPS) is 16.9. The van der Waals surface area contributed by atoms with Crippen LogP contribution in [0.25, 0.3) is 22.0 Å². The minimum Gasteiger partial charge on any atom is -0.504 e. The summed E-state index contributed by atoms with van der Waals surface area (Å²) in [6.45, 7) is 1.53. The van der Waals surface area contributed by atoms with Crippen LogP contribution in [0.4, 0.5) is 21.7 Å². The Kier molecular flexibility index (Phi) is 7.09. The highest BCUT2D eigenvalue weighted by Gasteiger charge is 2.32. The summed E-state index contributed by atoms with van der Waals surface area (Å²) in [7, 11) is 0. The second-order valence-electron chi connectivity index (χ2n) is 9.60. The van der Waals surface area contributed by atoms with E-state index in [1.807, 2.05) is 11.0 Å². The van der Waals surface area contributed by atoms with Crippen molar-refractivity contribution >= 4 is 58.0 Å². The summed E-state index contributed by atoms with van der Waals surface area (Å²) in [5, 5.41) is 13.7. The van der Waals surface area contributed by atoms with E-state index in [9.17, 15) is 14.3 Å². The van der Waals surface area contributed by atoms with Gasteiger partial charge in [-0.2, -0.15) is 0 Å². The van der Waals surface area contributed by atoms with E-state index < -0.39 is 11.6 Å². The number of nitrogens with two attached hydrogens (primary N) is 1. The molecule has 1 aliphatic heterocycles. The number of aromatic hydroxyl groups is 1. The van der Waals surface area contributed by atoms with Crippen LogP contribution in [-0.2, 0) is 0 Å². The van der Waals surface area contributed by atoms with Gasteiger partial charge in [0.1, 0.15) is 0 Å². The van der Waals surface area contributed by atoms with E-state index >= 15 is 0 Å². The van der Waals surface area contributed by atoms with Crippen molar-refractivity contribution in [2.75, 3.05) is 23.3 Å². The van der Waals surface area contributed by atoms with Gasteiger partial charge in [0.25, 0.3) is 0 Å². The smallest absolute Gasteiger partial charge is 0.225 e. The lowest BCUT2D eigenvalue weighted by Crippen LogP contribution is -2.27. The average Bonchev–Trinajstić information content (AvgIpc) is 3.67. The number of halogens is 3. The molecule has 4 N–H and O–H groups in total. The van der Waals surface area contributed by atoms with Crippen LogP contribution in [0.1, 0.15) is 29.6 Å². The number of fused-ring (bicyclic) bond motifs is 1. The van der Waals surface area contributed by atoms with Crippen LogP contribution in [0, 0.1) is 11.7 Å². The zero-order valence-corrected chi connectivity index (χ0v) is 21.8. The Morgan fingerprint density at radius 1 is 1.08 bits per heavy atom. The van der Waals surface area contributed by atoms with Gasteiger partial charge in [-0.1, -0.05) is 17.7 Å². The third-order valence-electron chi connectivity index (χ3n) is 6.85. The highest BCUT2D eigenvalue weighted by Crippen LogP contribution is 2.39. The molecule has 196 valence electrons. The monoisotopic (exact) mass is 554 g/mol. The number of hydrogen-bond donors (Lipinski definition) is 3. The number of anilines is 3. The van der Waals surface area contributed by atoms with E-state index in [1.165, 1.54) is 12.1 Å². The Morgan fingerprint density at radius 2 is 1.84 bits per heavy atom. The van der Waals surface area contributed by atoms with Crippen molar-refractivity contribution in [2.24, 2.45) is 11.7 Å². The summed E-state index contributed by atoms with van der Waals surface area (Å²) in [4.78, 5) is 28.8. The average molecular weight is 555 g/mol. The van der Waals surface area contributed by atoms with Gasteiger partial charge in [-0.25, -0.2) is 14.4 Å². The maximum absolute atomic E-state index is 14.2. The number of pyridine rings is 1. The third-order valence-corrected chi connectivity index (χ3v) is 7.13. The first-order valence-electron chi connectivity index (χ1n) is 12.1. The van der Waals surface area contributed by atoms with E-state index in [0.29, 0.717) is 51.5 Å². The first kappa shape index (κ1) is 26.1. The first-order chi connectivity index (χ1) is 17.9. The van der Waals surface area contributed by atoms with Crippen LogP contribution in [0.5, 0.6) is 5.75 Å². The Labute approximate surface area is 229 Å². The zero-order valence-electron chi connectivity index (χ0n) is 20.2. The largest absolute Gasteiger partial charge is 0.504 e. The van der Waals surface area contributed by atoms with Gasteiger partial charge in [-0.3, -0.25) is 9.78 Å². The summed E-state index contributed by atoms with van der Waals surface area (Å²) in [6, 6.07) is 8.26. The summed E-state index contributed by atoms with van der Waals surface area (Å²) in [5.74, 6) is -0.767. The fourth-order valence-electron chi connectivity index (χ4n) is 4.65. The Bertz CT molecular complexity index is 1510. The summed E-state index contributed by atoms with van der Waals surface area (Å²) in [6.07, 6.45) is 7.58. The lowest BCUT2D eigenvalue weighted by molar-refractivity contribution is 0.0968. The van der Waals surface area contributed by atoms with Crippen LogP contribution < -0.4 is 16.0 Å². The number of hydrogen-bond acceptors (Lipinski definition) is 8. The number of ketones is 1. The van der Waals surface area contributed by atoms with Crippen LogP contribution in [-0.4, -0.2) is 45.0 Å². The van der Waals surface area contributed by atoms with Crippen LogP contribution in [0.3, 0.4) is 0 Å². The Morgan fingerprint density at radius 3 is 2.50 bits per heavy atom. The number of phenols is 1. The molecule has 11 heteroatoms. The van der Waals surface area contributed by atoms with Gasteiger partial charge >= 0.3 is 0 Å². The van der Waals surface area contributed by atoms with Crippen molar-refractivity contribution in [2.45, 2.75) is 25.3 Å². The lowest BCUT2D eigenvalue weighted by Gasteiger charge is -2.17. The van der Waals surface area contributed by atoms with Gasteiger partial charge in [0.2, 0.25) is 5.95 Å². The molecule has 0 radical (unpaired) electrons. The number of benzene rings is 2. The van der Waals surface area contributed by atoms with Crippen LogP contribution >= 0.6 is 24.0 Å². The van der Waals surface area contributed by atoms with Gasteiger partial charge in [0, 0.05) is 36.6 Å². The number of Topliss-reactive ketones (excluding diaryl/α,β-unsaturated/α-hetero) is 1. The van der Waals surface area contributed by atoms with E-state index in [4.69, 9.17) is 17.3 Å². The van der Waals surface area contributed by atoms with Crippen molar-refractivity contribution in [3.63, 3.8) is 0 Å². The molecule has 4 aromatic rings. The number of phenolic OH excluding ortho intramolecular Hbond substituents is 1. The summed E-state index contributed by atoms with van der Waals surface area (Å²) < 4.78 is 14.2. The lowest BCUT2D eigenvalue weighted by atomic mass is 9.99. The fourth-order valence-corrected chi connectivity index (χ4v) is 4.86. The maximum atomic E-state index is 14.2. The van der Waals surface area contributed by atoms with E-state index in [-0.39, 0.29) is 35.2 Å². The molecule has 2 aromatic carbocycles. The van der Waals surface area contributed by atoms with E-state index in [2.05, 4.69) is 20.3 Å². The SMILES string of the molecule is Cl.NC1CCN(c2ncc(Nc3c(C(=O)C4CC4)cnc4ccc(-c5cc(F)c(O)c(Cl)c5)cc34)cn2)C1. The second-order valence-corrected chi connectivity index (χ2v) is 10.0. The Hall–Kier alpha value is -3.53. The Balaban J connectivity index is 0.00000294. The quantitative estimate of drug-likeness (QED) is 0.268. The molecule has 8 nitrogen and oxygen atoms in total. The van der Waals surface area contributed by atoms with Crippen molar-refractivity contribution in [1.82, 2.24) is 15.0 Å². The number of aromatic nitrogens is 3. The molecule has 2 aliphatic rings. The van der Waals surface area contributed by atoms with Crippen LogP contribution in [0.15, 0.2) is 48.9 Å². The topological polar surface area (TPSA) is 117 Å². The molecule has 0 amide bonds. The number of carbonyl (C=O) groups is 1. The highest BCUT2D eigenvalue weighted by atomic mass is 35.5. The maximum Gasteiger partial charge on any atom is 0.225 e. The molecule has 1 saturated heterocycles. The van der Waals surface area contributed by atoms with Gasteiger partial charge in [0.15, 0.2) is 17.3 Å². The van der Waals surface area contributed by atoms with Crippen LogP contribution in [0.2, 0.25) is 5.02 Å². The molecule has 6 rings (SSSR count). The molecule has 2 fully saturated rings. The molecule has 0 spiro atoms. The van der Waals surface area contributed by atoms with Gasteiger partial charge < -0.3 is 21.1 Å². The molecular weight excluding hydrogens is 530 g/mol. The molecule has 38 heavy (non-hydrogen) atoms. The first-order valence-corrected chi connectivity index (χ1v) is 12.5. The van der Waals surface area contributed by atoms with E-state index in [0.717, 1.165) is 25.8 Å². The molecule has 2 aromatic heterocycles. The summed E-state index contributed by atoms with van der Waals surface area (Å²) in [5.41, 5.74) is 9.51. The number of nitrogens with zero attached hydrogens (tertiary/aromatic N) is 4. The van der Waals surface area contributed by atoms with Crippen molar-refractivity contribution in [1.29, 1.82) is 0 Å².